The van der Waals surface area contributed by atoms with Gasteiger partial charge >= 0.3 is 0 Å². The SMILES string of the molecule is CN(C)C(c1ccccc1)C1CCCCC1OCc1cccc(F)c1. The maximum Gasteiger partial charge on any atom is 0.123 e. The van der Waals surface area contributed by atoms with Crippen LogP contribution in [0.25, 0.3) is 0 Å². The molecule has 1 fully saturated rings. The Hall–Kier alpha value is -1.71. The summed E-state index contributed by atoms with van der Waals surface area (Å²) >= 11 is 0. The van der Waals surface area contributed by atoms with Gasteiger partial charge in [0.25, 0.3) is 0 Å². The van der Waals surface area contributed by atoms with Crippen LogP contribution in [0.5, 0.6) is 0 Å². The maximum absolute atomic E-state index is 13.4. The van der Waals surface area contributed by atoms with Crippen molar-refractivity contribution in [2.75, 3.05) is 14.1 Å². The van der Waals surface area contributed by atoms with Crippen LogP contribution in [-0.4, -0.2) is 25.1 Å². The highest BCUT2D eigenvalue weighted by Crippen LogP contribution is 2.39. The zero-order valence-electron chi connectivity index (χ0n) is 15.2. The van der Waals surface area contributed by atoms with Crippen molar-refractivity contribution in [1.82, 2.24) is 4.90 Å². The highest BCUT2D eigenvalue weighted by atomic mass is 19.1. The lowest BCUT2D eigenvalue weighted by Crippen LogP contribution is -2.38. The summed E-state index contributed by atoms with van der Waals surface area (Å²) in [6.07, 6.45) is 4.92. The van der Waals surface area contributed by atoms with Crippen molar-refractivity contribution < 1.29 is 9.13 Å². The molecule has 0 bridgehead atoms. The van der Waals surface area contributed by atoms with Gasteiger partial charge < -0.3 is 9.64 Å². The molecule has 2 aromatic carbocycles. The van der Waals surface area contributed by atoms with Crippen LogP contribution in [0.4, 0.5) is 4.39 Å². The van der Waals surface area contributed by atoms with Crippen molar-refractivity contribution in [1.29, 1.82) is 0 Å². The monoisotopic (exact) mass is 341 g/mol. The predicted octanol–water partition coefficient (Wildman–Crippen LogP) is 5.20. The fourth-order valence-corrected chi connectivity index (χ4v) is 4.10. The number of halogens is 1. The Bertz CT molecular complexity index is 658. The molecule has 3 rings (SSSR count). The van der Waals surface area contributed by atoms with Gasteiger partial charge in [0, 0.05) is 12.0 Å². The van der Waals surface area contributed by atoms with E-state index in [0.717, 1.165) is 12.0 Å². The van der Waals surface area contributed by atoms with Crippen molar-refractivity contribution in [3.05, 3.63) is 71.5 Å². The van der Waals surface area contributed by atoms with Crippen molar-refractivity contribution in [2.45, 2.75) is 44.4 Å². The molecule has 25 heavy (non-hydrogen) atoms. The molecule has 0 saturated heterocycles. The average Bonchev–Trinajstić information content (AvgIpc) is 2.62. The Kier molecular flexibility index (Phi) is 6.22. The minimum atomic E-state index is -0.197. The van der Waals surface area contributed by atoms with E-state index in [4.69, 9.17) is 4.74 Å². The molecule has 3 unspecified atom stereocenters. The minimum Gasteiger partial charge on any atom is -0.373 e. The van der Waals surface area contributed by atoms with E-state index in [1.807, 2.05) is 6.07 Å². The van der Waals surface area contributed by atoms with Gasteiger partial charge in [0.15, 0.2) is 0 Å². The number of benzene rings is 2. The smallest absolute Gasteiger partial charge is 0.123 e. The van der Waals surface area contributed by atoms with E-state index in [0.29, 0.717) is 18.6 Å². The molecule has 1 aliphatic rings. The lowest BCUT2D eigenvalue weighted by Gasteiger charge is -2.40. The van der Waals surface area contributed by atoms with E-state index in [1.165, 1.54) is 30.9 Å². The third kappa shape index (κ3) is 4.68. The second-order valence-corrected chi connectivity index (χ2v) is 7.25. The number of hydrogen-bond acceptors (Lipinski definition) is 2. The van der Waals surface area contributed by atoms with E-state index in [2.05, 4.69) is 49.3 Å². The molecule has 1 saturated carbocycles. The van der Waals surface area contributed by atoms with Gasteiger partial charge in [-0.1, -0.05) is 55.3 Å². The van der Waals surface area contributed by atoms with Gasteiger partial charge in [-0.25, -0.2) is 4.39 Å². The Morgan fingerprint density at radius 1 is 1.04 bits per heavy atom. The first-order valence-corrected chi connectivity index (χ1v) is 9.22. The molecule has 2 nitrogen and oxygen atoms in total. The van der Waals surface area contributed by atoms with Gasteiger partial charge in [-0.15, -0.1) is 0 Å². The van der Waals surface area contributed by atoms with E-state index in [-0.39, 0.29) is 11.9 Å². The number of nitrogens with zero attached hydrogens (tertiary/aromatic N) is 1. The second-order valence-electron chi connectivity index (χ2n) is 7.25. The molecule has 134 valence electrons. The van der Waals surface area contributed by atoms with E-state index in [9.17, 15) is 4.39 Å². The molecule has 0 aliphatic heterocycles. The third-order valence-electron chi connectivity index (χ3n) is 5.21. The molecule has 2 aromatic rings. The summed E-state index contributed by atoms with van der Waals surface area (Å²) in [6, 6.07) is 17.8. The van der Waals surface area contributed by atoms with E-state index < -0.39 is 0 Å². The fraction of sp³-hybridized carbons (Fsp3) is 0.455. The first-order valence-electron chi connectivity index (χ1n) is 9.22. The zero-order valence-corrected chi connectivity index (χ0v) is 15.2. The summed E-state index contributed by atoms with van der Waals surface area (Å²) in [5, 5.41) is 0. The van der Waals surface area contributed by atoms with Gasteiger partial charge in [0.2, 0.25) is 0 Å². The van der Waals surface area contributed by atoms with E-state index >= 15 is 0 Å². The van der Waals surface area contributed by atoms with Crippen LogP contribution in [0, 0.1) is 11.7 Å². The molecule has 1 aliphatic carbocycles. The lowest BCUT2D eigenvalue weighted by atomic mass is 9.78. The van der Waals surface area contributed by atoms with Crippen LogP contribution in [0.1, 0.15) is 42.9 Å². The van der Waals surface area contributed by atoms with Crippen LogP contribution in [0.2, 0.25) is 0 Å². The summed E-state index contributed by atoms with van der Waals surface area (Å²) in [5.41, 5.74) is 2.25. The quantitative estimate of drug-likeness (QED) is 0.716. The average molecular weight is 341 g/mol. The topological polar surface area (TPSA) is 12.5 Å². The largest absolute Gasteiger partial charge is 0.373 e. The van der Waals surface area contributed by atoms with Crippen LogP contribution in [0.15, 0.2) is 54.6 Å². The van der Waals surface area contributed by atoms with Crippen LogP contribution < -0.4 is 0 Å². The van der Waals surface area contributed by atoms with Gasteiger partial charge in [-0.05, 0) is 50.2 Å². The summed E-state index contributed by atoms with van der Waals surface area (Å²) < 4.78 is 19.7. The Morgan fingerprint density at radius 2 is 1.80 bits per heavy atom. The first-order chi connectivity index (χ1) is 12.1. The summed E-state index contributed by atoms with van der Waals surface area (Å²) in [4.78, 5) is 2.31. The Morgan fingerprint density at radius 3 is 2.52 bits per heavy atom. The van der Waals surface area contributed by atoms with Crippen molar-refractivity contribution in [2.24, 2.45) is 5.92 Å². The molecule has 0 amide bonds. The highest BCUT2D eigenvalue weighted by Gasteiger charge is 2.34. The molecule has 3 heteroatoms. The third-order valence-corrected chi connectivity index (χ3v) is 5.21. The predicted molar refractivity (Wildman–Crippen MR) is 99.8 cm³/mol. The van der Waals surface area contributed by atoms with Gasteiger partial charge in [0.1, 0.15) is 5.82 Å². The van der Waals surface area contributed by atoms with Crippen molar-refractivity contribution in [3.8, 4) is 0 Å². The highest BCUT2D eigenvalue weighted by molar-refractivity contribution is 5.20. The molecular weight excluding hydrogens is 313 g/mol. The van der Waals surface area contributed by atoms with Crippen LogP contribution >= 0.6 is 0 Å². The number of rotatable bonds is 6. The van der Waals surface area contributed by atoms with Gasteiger partial charge in [-0.3, -0.25) is 0 Å². The molecule has 0 N–H and O–H groups in total. The molecule has 0 aromatic heterocycles. The lowest BCUT2D eigenvalue weighted by molar-refractivity contribution is -0.0464. The van der Waals surface area contributed by atoms with E-state index in [1.54, 1.807) is 12.1 Å². The van der Waals surface area contributed by atoms with Gasteiger partial charge in [-0.2, -0.15) is 0 Å². The second kappa shape index (κ2) is 8.59. The number of hydrogen-bond donors (Lipinski definition) is 0. The molecule has 3 atom stereocenters. The molecule has 0 heterocycles. The molecule has 0 spiro atoms. The maximum atomic E-state index is 13.4. The summed E-state index contributed by atoms with van der Waals surface area (Å²) in [7, 11) is 4.30. The minimum absolute atomic E-state index is 0.197. The van der Waals surface area contributed by atoms with Crippen LogP contribution in [-0.2, 0) is 11.3 Å². The number of ether oxygens (including phenoxy) is 1. The molecular formula is C22H28FNO. The Labute approximate surface area is 150 Å². The fourth-order valence-electron chi connectivity index (χ4n) is 4.10. The van der Waals surface area contributed by atoms with Crippen molar-refractivity contribution >= 4 is 0 Å². The first kappa shape index (κ1) is 18.1. The van der Waals surface area contributed by atoms with Crippen LogP contribution in [0.3, 0.4) is 0 Å². The standard InChI is InChI=1S/C22H28FNO/c1-24(2)22(18-10-4-3-5-11-18)20-13-6-7-14-21(20)25-16-17-9-8-12-19(23)15-17/h3-5,8-12,15,20-22H,6-7,13-14,16H2,1-2H3. The Balaban J connectivity index is 1.75. The summed E-state index contributed by atoms with van der Waals surface area (Å²) in [5.74, 6) is 0.261. The van der Waals surface area contributed by atoms with Gasteiger partial charge in [0.05, 0.1) is 12.7 Å². The molecule has 0 radical (unpaired) electrons. The summed E-state index contributed by atoms with van der Waals surface area (Å²) in [6.45, 7) is 0.480. The zero-order chi connectivity index (χ0) is 17.6. The normalized spacial score (nSPS) is 22.1. The van der Waals surface area contributed by atoms with Crippen molar-refractivity contribution in [3.63, 3.8) is 0 Å².